The summed E-state index contributed by atoms with van der Waals surface area (Å²) in [6.07, 6.45) is 2.40. The zero-order chi connectivity index (χ0) is 14.2. The van der Waals surface area contributed by atoms with Gasteiger partial charge in [-0.25, -0.2) is 0 Å². The third-order valence-electron chi connectivity index (χ3n) is 4.22. The smallest absolute Gasteiger partial charge is 0.272 e. The van der Waals surface area contributed by atoms with E-state index >= 15 is 0 Å². The zero-order valence-electron chi connectivity index (χ0n) is 12.1. The summed E-state index contributed by atoms with van der Waals surface area (Å²) < 4.78 is 0. The van der Waals surface area contributed by atoms with Crippen molar-refractivity contribution < 1.29 is 4.92 Å². The second kappa shape index (κ2) is 5.19. The molecule has 1 aromatic carbocycles. The average Bonchev–Trinajstić information content (AvgIpc) is 2.25. The van der Waals surface area contributed by atoms with Crippen LogP contribution in [-0.2, 0) is 0 Å². The third kappa shape index (κ3) is 2.88. The maximum atomic E-state index is 10.9. The van der Waals surface area contributed by atoms with E-state index in [2.05, 4.69) is 19.2 Å². The van der Waals surface area contributed by atoms with Crippen molar-refractivity contribution in [2.45, 2.75) is 46.6 Å². The molecular formula is C15H22N2O2. The summed E-state index contributed by atoms with van der Waals surface area (Å²) in [6.45, 7) is 8.25. The highest BCUT2D eigenvalue weighted by Gasteiger charge is 2.31. The van der Waals surface area contributed by atoms with Gasteiger partial charge in [0.15, 0.2) is 0 Å². The van der Waals surface area contributed by atoms with Crippen molar-refractivity contribution in [3.05, 3.63) is 33.4 Å². The fourth-order valence-electron chi connectivity index (χ4n) is 2.70. The largest absolute Gasteiger partial charge is 0.382 e. The van der Waals surface area contributed by atoms with E-state index in [9.17, 15) is 10.1 Å². The van der Waals surface area contributed by atoms with E-state index in [-0.39, 0.29) is 10.6 Å². The van der Waals surface area contributed by atoms with Gasteiger partial charge < -0.3 is 5.32 Å². The summed E-state index contributed by atoms with van der Waals surface area (Å²) in [4.78, 5) is 10.6. The third-order valence-corrected chi connectivity index (χ3v) is 4.22. The van der Waals surface area contributed by atoms with Gasteiger partial charge in [0.05, 0.1) is 4.92 Å². The lowest BCUT2D eigenvalue weighted by molar-refractivity contribution is -0.385. The number of nitrogens with zero attached hydrogens (tertiary/aromatic N) is 1. The molecule has 1 N–H and O–H groups in total. The van der Waals surface area contributed by atoms with E-state index in [1.807, 2.05) is 13.0 Å². The molecule has 0 aliphatic heterocycles. The van der Waals surface area contributed by atoms with E-state index in [1.54, 1.807) is 13.0 Å². The maximum Gasteiger partial charge on any atom is 0.272 e. The molecule has 0 aromatic heterocycles. The monoisotopic (exact) mass is 262 g/mol. The number of hydrogen-bond acceptors (Lipinski definition) is 3. The first-order chi connectivity index (χ1) is 8.88. The molecule has 0 bridgehead atoms. The molecule has 4 nitrogen and oxygen atoms in total. The van der Waals surface area contributed by atoms with Crippen LogP contribution in [0.25, 0.3) is 0 Å². The summed E-state index contributed by atoms with van der Waals surface area (Å²) in [5.41, 5.74) is 2.91. The molecular weight excluding hydrogens is 240 g/mol. The van der Waals surface area contributed by atoms with Crippen molar-refractivity contribution in [3.63, 3.8) is 0 Å². The summed E-state index contributed by atoms with van der Waals surface area (Å²) in [5, 5.41) is 14.4. The Morgan fingerprint density at radius 1 is 1.26 bits per heavy atom. The molecule has 1 fully saturated rings. The van der Waals surface area contributed by atoms with Gasteiger partial charge in [0.2, 0.25) is 0 Å². The van der Waals surface area contributed by atoms with Gasteiger partial charge in [0.1, 0.15) is 0 Å². The number of benzene rings is 1. The van der Waals surface area contributed by atoms with Gasteiger partial charge in [-0.2, -0.15) is 0 Å². The van der Waals surface area contributed by atoms with Crippen molar-refractivity contribution in [2.75, 3.05) is 5.32 Å². The molecule has 0 saturated heterocycles. The average molecular weight is 262 g/mol. The Kier molecular flexibility index (Phi) is 3.78. The van der Waals surface area contributed by atoms with Crippen LogP contribution in [0, 0.1) is 35.8 Å². The molecule has 4 heteroatoms. The molecule has 104 valence electrons. The minimum atomic E-state index is -0.315. The van der Waals surface area contributed by atoms with Gasteiger partial charge >= 0.3 is 0 Å². The molecule has 1 aromatic rings. The van der Waals surface area contributed by atoms with E-state index in [4.69, 9.17) is 0 Å². The zero-order valence-corrected chi connectivity index (χ0v) is 12.1. The summed E-state index contributed by atoms with van der Waals surface area (Å²) in [7, 11) is 0. The molecule has 0 amide bonds. The summed E-state index contributed by atoms with van der Waals surface area (Å²) in [6, 6.07) is 4.08. The van der Waals surface area contributed by atoms with E-state index < -0.39 is 0 Å². The van der Waals surface area contributed by atoms with Crippen molar-refractivity contribution in [2.24, 2.45) is 11.8 Å². The Bertz CT molecular complexity index is 491. The quantitative estimate of drug-likeness (QED) is 0.657. The molecule has 0 radical (unpaired) electrons. The number of aryl methyl sites for hydroxylation is 2. The molecule has 19 heavy (non-hydrogen) atoms. The number of hydrogen-bond donors (Lipinski definition) is 1. The highest BCUT2D eigenvalue weighted by Crippen LogP contribution is 2.36. The standard InChI is InChI=1S/C15H22N2O2/c1-9(2)12-7-13(8-12)16-14-5-11(4)15(17(18)19)6-10(14)3/h5-6,9,12-13,16H,7-8H2,1-4H3. The van der Waals surface area contributed by atoms with Crippen LogP contribution in [0.3, 0.4) is 0 Å². The molecule has 0 atom stereocenters. The Hall–Kier alpha value is -1.58. The number of nitrogens with one attached hydrogen (secondary N) is 1. The highest BCUT2D eigenvalue weighted by molar-refractivity contribution is 5.59. The molecule has 2 rings (SSSR count). The Labute approximate surface area is 114 Å². The van der Waals surface area contributed by atoms with Crippen molar-refractivity contribution in [1.82, 2.24) is 0 Å². The normalized spacial score (nSPS) is 22.2. The lowest BCUT2D eigenvalue weighted by Gasteiger charge is -2.39. The van der Waals surface area contributed by atoms with Gasteiger partial charge in [-0.15, -0.1) is 0 Å². The molecule has 0 spiro atoms. The van der Waals surface area contributed by atoms with E-state index in [1.165, 1.54) is 12.8 Å². The first kappa shape index (κ1) is 13.8. The van der Waals surface area contributed by atoms with Crippen LogP contribution in [0.4, 0.5) is 11.4 Å². The molecule has 0 unspecified atom stereocenters. The van der Waals surface area contributed by atoms with Crippen LogP contribution in [0.5, 0.6) is 0 Å². The first-order valence-corrected chi connectivity index (χ1v) is 6.90. The van der Waals surface area contributed by atoms with E-state index in [0.717, 1.165) is 28.7 Å². The lowest BCUT2D eigenvalue weighted by atomic mass is 9.73. The number of rotatable bonds is 4. The number of anilines is 1. The number of nitro groups is 1. The van der Waals surface area contributed by atoms with Gasteiger partial charge in [0.25, 0.3) is 5.69 Å². The van der Waals surface area contributed by atoms with Crippen LogP contribution >= 0.6 is 0 Å². The Balaban J connectivity index is 2.06. The number of nitro benzene ring substituents is 1. The fourth-order valence-corrected chi connectivity index (χ4v) is 2.70. The maximum absolute atomic E-state index is 10.9. The molecule has 1 aliphatic carbocycles. The van der Waals surface area contributed by atoms with Gasteiger partial charge in [0, 0.05) is 23.4 Å². The van der Waals surface area contributed by atoms with Crippen molar-refractivity contribution in [3.8, 4) is 0 Å². The van der Waals surface area contributed by atoms with Crippen LogP contribution in [0.2, 0.25) is 0 Å². The highest BCUT2D eigenvalue weighted by atomic mass is 16.6. The van der Waals surface area contributed by atoms with Crippen LogP contribution in [0.15, 0.2) is 12.1 Å². The van der Waals surface area contributed by atoms with Crippen LogP contribution < -0.4 is 5.32 Å². The van der Waals surface area contributed by atoms with Gasteiger partial charge in [-0.1, -0.05) is 13.8 Å². The molecule has 1 saturated carbocycles. The first-order valence-electron chi connectivity index (χ1n) is 6.90. The molecule has 1 aliphatic rings. The predicted molar refractivity (Wildman–Crippen MR) is 77.5 cm³/mol. The Morgan fingerprint density at radius 3 is 2.42 bits per heavy atom. The Morgan fingerprint density at radius 2 is 1.89 bits per heavy atom. The molecule has 0 heterocycles. The van der Waals surface area contributed by atoms with E-state index in [0.29, 0.717) is 6.04 Å². The van der Waals surface area contributed by atoms with Crippen molar-refractivity contribution >= 4 is 11.4 Å². The van der Waals surface area contributed by atoms with Crippen LogP contribution in [0.1, 0.15) is 37.8 Å². The van der Waals surface area contributed by atoms with Crippen LogP contribution in [-0.4, -0.2) is 11.0 Å². The van der Waals surface area contributed by atoms with Gasteiger partial charge in [-0.3, -0.25) is 10.1 Å². The van der Waals surface area contributed by atoms with Crippen molar-refractivity contribution in [1.29, 1.82) is 0 Å². The SMILES string of the molecule is Cc1cc([N+](=O)[O-])c(C)cc1NC1CC(C(C)C)C1. The summed E-state index contributed by atoms with van der Waals surface area (Å²) >= 11 is 0. The lowest BCUT2D eigenvalue weighted by Crippen LogP contribution is -2.38. The fraction of sp³-hybridized carbons (Fsp3) is 0.600. The second-order valence-corrected chi connectivity index (χ2v) is 6.03. The minimum absolute atomic E-state index is 0.205. The minimum Gasteiger partial charge on any atom is -0.382 e. The summed E-state index contributed by atoms with van der Waals surface area (Å²) in [5.74, 6) is 1.56. The predicted octanol–water partition coefficient (Wildman–Crippen LogP) is 4.06. The van der Waals surface area contributed by atoms with Gasteiger partial charge in [-0.05, 0) is 50.2 Å². The topological polar surface area (TPSA) is 55.2 Å². The second-order valence-electron chi connectivity index (χ2n) is 6.03.